The van der Waals surface area contributed by atoms with Crippen LogP contribution in [0.5, 0.6) is 0 Å². The molecule has 0 saturated carbocycles. The number of carbonyl (C=O) groups excluding carboxylic acids is 2. The van der Waals surface area contributed by atoms with Gasteiger partial charge in [-0.3, -0.25) is 18.6 Å². The molecule has 9 nitrogen and oxygen atoms in total. The Morgan fingerprint density at radius 2 is 0.655 bits per heavy atom. The maximum atomic E-state index is 12.9. The Labute approximate surface area is 539 Å². The second-order valence-corrected chi connectivity index (χ2v) is 27.8. The molecule has 1 N–H and O–H groups in total. The van der Waals surface area contributed by atoms with E-state index in [4.69, 9.17) is 18.5 Å². The average molecular weight is 1240 g/mol. The van der Waals surface area contributed by atoms with Crippen LogP contribution in [0, 0.1) is 0 Å². The van der Waals surface area contributed by atoms with Gasteiger partial charge in [-0.25, -0.2) is 4.57 Å². The third-order valence-electron chi connectivity index (χ3n) is 16.5. The largest absolute Gasteiger partial charge is 0.472 e. The fraction of sp³-hybridized carbons (Fsp3) is 0.818. The normalized spacial score (nSPS) is 13.5. The third-order valence-corrected chi connectivity index (χ3v) is 17.5. The van der Waals surface area contributed by atoms with E-state index in [9.17, 15) is 19.0 Å². The number of quaternary nitrogens is 1. The van der Waals surface area contributed by atoms with Crippen molar-refractivity contribution >= 4 is 19.8 Å². The second-order valence-electron chi connectivity index (χ2n) is 26.3. The van der Waals surface area contributed by atoms with Crippen LogP contribution < -0.4 is 0 Å². The summed E-state index contributed by atoms with van der Waals surface area (Å²) in [5, 5.41) is 0. The Morgan fingerprint density at radius 1 is 0.368 bits per heavy atom. The molecule has 0 amide bonds. The number of phosphoric ester groups is 1. The highest BCUT2D eigenvalue weighted by molar-refractivity contribution is 7.47. The lowest BCUT2D eigenvalue weighted by Gasteiger charge is -2.24. The van der Waals surface area contributed by atoms with Gasteiger partial charge in [-0.2, -0.15) is 0 Å². The molecule has 0 aliphatic rings. The molecule has 2 unspecified atom stereocenters. The minimum absolute atomic E-state index is 0.0336. The van der Waals surface area contributed by atoms with Gasteiger partial charge in [-0.1, -0.05) is 350 Å². The number of hydrogen-bond donors (Lipinski definition) is 1. The highest BCUT2D eigenvalue weighted by Crippen LogP contribution is 2.43. The summed E-state index contributed by atoms with van der Waals surface area (Å²) in [5.41, 5.74) is 0. The van der Waals surface area contributed by atoms with Crippen molar-refractivity contribution in [2.24, 2.45) is 0 Å². The third kappa shape index (κ3) is 72.4. The molecular formula is C77H143NO8P+. The minimum atomic E-state index is -4.39. The molecule has 0 aliphatic carbocycles. The summed E-state index contributed by atoms with van der Waals surface area (Å²) in [6.07, 6.45) is 91.7. The number of unbranched alkanes of at least 4 members (excludes halogenated alkanes) is 43. The number of esters is 2. The Hall–Kier alpha value is -2.55. The molecule has 0 heterocycles. The number of phosphoric acid groups is 1. The summed E-state index contributed by atoms with van der Waals surface area (Å²) in [7, 11) is 1.49. The van der Waals surface area contributed by atoms with Gasteiger partial charge in [-0.15, -0.1) is 0 Å². The summed E-state index contributed by atoms with van der Waals surface area (Å²) >= 11 is 0. The van der Waals surface area contributed by atoms with E-state index < -0.39 is 26.5 Å². The van der Waals surface area contributed by atoms with E-state index in [0.29, 0.717) is 23.9 Å². The topological polar surface area (TPSA) is 108 Å². The Morgan fingerprint density at radius 3 is 0.977 bits per heavy atom. The standard InChI is InChI=1S/C77H142NO8P/c1-6-8-10-12-14-16-18-20-22-24-26-28-30-32-33-34-35-36-37-38-39-40-41-42-43-44-45-46-48-50-52-54-56-58-60-62-64-66-68-70-77(80)86-75(74-85-87(81,82)84-72-71-78(3,4)5)73-83-76(79)69-67-65-63-61-59-57-55-53-51-49-47-31-29-27-25-23-21-19-17-15-13-11-9-7-2/h8,10,14,16,20,22,26,28,32-33,35-36,75H,6-7,9,11-13,15,17-19,21,23-25,27,29-31,34,37-74H2,1-5H3/p+1/b10-8-,16-14-,22-20-,28-26-,33-32-,36-35-. The van der Waals surface area contributed by atoms with Crippen molar-refractivity contribution in [1.82, 2.24) is 0 Å². The summed E-state index contributed by atoms with van der Waals surface area (Å²) < 4.78 is 34.8. The second kappa shape index (κ2) is 67.8. The first-order valence-corrected chi connectivity index (χ1v) is 38.7. The van der Waals surface area contributed by atoms with E-state index in [1.807, 2.05) is 21.1 Å². The fourth-order valence-electron chi connectivity index (χ4n) is 10.8. The van der Waals surface area contributed by atoms with Crippen molar-refractivity contribution in [3.8, 4) is 0 Å². The van der Waals surface area contributed by atoms with E-state index >= 15 is 0 Å². The predicted molar refractivity (Wildman–Crippen MR) is 376 cm³/mol. The van der Waals surface area contributed by atoms with Crippen LogP contribution in [0.4, 0.5) is 0 Å². The molecule has 0 radical (unpaired) electrons. The lowest BCUT2D eigenvalue weighted by atomic mass is 10.0. The first kappa shape index (κ1) is 84.5. The average Bonchev–Trinajstić information content (AvgIpc) is 3.68. The van der Waals surface area contributed by atoms with Crippen LogP contribution >= 0.6 is 7.82 Å². The maximum absolute atomic E-state index is 12.9. The van der Waals surface area contributed by atoms with Crippen molar-refractivity contribution in [3.63, 3.8) is 0 Å². The van der Waals surface area contributed by atoms with Gasteiger partial charge >= 0.3 is 19.8 Å². The van der Waals surface area contributed by atoms with Crippen LogP contribution in [0.25, 0.3) is 0 Å². The molecule has 508 valence electrons. The number of likely N-dealkylation sites (N-methyl/N-ethyl adjacent to an activating group) is 1. The summed E-state index contributed by atoms with van der Waals surface area (Å²) in [6, 6.07) is 0. The quantitative estimate of drug-likeness (QED) is 0.0211. The van der Waals surface area contributed by atoms with Gasteiger partial charge < -0.3 is 18.9 Å². The molecule has 0 rings (SSSR count). The van der Waals surface area contributed by atoms with Gasteiger partial charge in [0.05, 0.1) is 27.7 Å². The van der Waals surface area contributed by atoms with Gasteiger partial charge in [0, 0.05) is 12.8 Å². The van der Waals surface area contributed by atoms with Crippen molar-refractivity contribution in [2.45, 2.75) is 360 Å². The molecule has 0 aromatic carbocycles. The zero-order valence-electron chi connectivity index (χ0n) is 58.0. The van der Waals surface area contributed by atoms with Crippen LogP contribution in [-0.2, 0) is 32.7 Å². The van der Waals surface area contributed by atoms with E-state index in [1.54, 1.807) is 0 Å². The number of allylic oxidation sites excluding steroid dienone is 12. The van der Waals surface area contributed by atoms with Gasteiger partial charge in [0.25, 0.3) is 0 Å². The maximum Gasteiger partial charge on any atom is 0.472 e. The molecule has 0 fully saturated rings. The molecule has 2 atom stereocenters. The molecule has 0 aromatic heterocycles. The first-order chi connectivity index (χ1) is 42.5. The zero-order chi connectivity index (χ0) is 63.4. The van der Waals surface area contributed by atoms with Gasteiger partial charge in [-0.05, 0) is 64.2 Å². The van der Waals surface area contributed by atoms with Crippen molar-refractivity contribution < 1.29 is 42.1 Å². The highest BCUT2D eigenvalue weighted by atomic mass is 31.2. The van der Waals surface area contributed by atoms with Crippen LogP contribution in [0.1, 0.15) is 354 Å². The van der Waals surface area contributed by atoms with Crippen molar-refractivity contribution in [2.75, 3.05) is 47.5 Å². The number of carbonyl (C=O) groups is 2. The lowest BCUT2D eigenvalue weighted by Crippen LogP contribution is -2.37. The Kier molecular flexibility index (Phi) is 65.8. The number of rotatable bonds is 69. The number of ether oxygens (including phenoxy) is 2. The van der Waals surface area contributed by atoms with Crippen LogP contribution in [0.2, 0.25) is 0 Å². The molecule has 0 saturated heterocycles. The fourth-order valence-corrected chi connectivity index (χ4v) is 11.6. The van der Waals surface area contributed by atoms with Gasteiger partial charge in [0.2, 0.25) is 0 Å². The Balaban J connectivity index is 3.95. The van der Waals surface area contributed by atoms with E-state index in [2.05, 4.69) is 86.8 Å². The Bertz CT molecular complexity index is 1700. The van der Waals surface area contributed by atoms with Crippen molar-refractivity contribution in [3.05, 3.63) is 72.9 Å². The molecule has 10 heteroatoms. The van der Waals surface area contributed by atoms with Crippen molar-refractivity contribution in [1.29, 1.82) is 0 Å². The van der Waals surface area contributed by atoms with E-state index in [0.717, 1.165) is 70.6 Å². The van der Waals surface area contributed by atoms with Crippen LogP contribution in [0.15, 0.2) is 72.9 Å². The van der Waals surface area contributed by atoms with E-state index in [-0.39, 0.29) is 25.6 Å². The minimum Gasteiger partial charge on any atom is -0.462 e. The molecule has 0 aliphatic heterocycles. The number of nitrogens with zero attached hydrogens (tertiary/aromatic N) is 1. The first-order valence-electron chi connectivity index (χ1n) is 37.2. The smallest absolute Gasteiger partial charge is 0.462 e. The predicted octanol–water partition coefficient (Wildman–Crippen LogP) is 24.3. The van der Waals surface area contributed by atoms with Gasteiger partial charge in [0.15, 0.2) is 6.10 Å². The summed E-state index contributed by atoms with van der Waals surface area (Å²) in [5.74, 6) is -0.777. The molecule has 87 heavy (non-hydrogen) atoms. The van der Waals surface area contributed by atoms with Gasteiger partial charge in [0.1, 0.15) is 19.8 Å². The van der Waals surface area contributed by atoms with Crippen LogP contribution in [-0.4, -0.2) is 74.9 Å². The lowest BCUT2D eigenvalue weighted by molar-refractivity contribution is -0.870. The number of hydrogen-bond acceptors (Lipinski definition) is 7. The summed E-state index contributed by atoms with van der Waals surface area (Å²) in [6.45, 7) is 4.38. The SMILES string of the molecule is CC/C=C\C/C=C\C/C=C\C/C=C\C/C=C\C/C=C\CCCCCCCCCCCCCCCCCCCCCCC(=O)OC(COC(=O)CCCCCCCCCCCCCCCCCCCCCCCCCC)COP(=O)(O)OCC[N+](C)(C)C. The molecular weight excluding hydrogens is 1100 g/mol. The summed E-state index contributed by atoms with van der Waals surface area (Å²) in [4.78, 5) is 35.9. The van der Waals surface area contributed by atoms with E-state index in [1.165, 1.54) is 250 Å². The molecule has 0 aromatic rings. The molecule has 0 bridgehead atoms. The van der Waals surface area contributed by atoms with Crippen LogP contribution in [0.3, 0.4) is 0 Å². The monoisotopic (exact) mass is 1240 g/mol. The zero-order valence-corrected chi connectivity index (χ0v) is 58.9. The highest BCUT2D eigenvalue weighted by Gasteiger charge is 2.27. The molecule has 0 spiro atoms.